The number of rotatable bonds is 12. The highest BCUT2D eigenvalue weighted by Gasteiger charge is 2.34. The Balaban J connectivity index is 1.80. The molecule has 0 unspecified atom stereocenters. The molecule has 4 aromatic carbocycles. The SMILES string of the molecule is CNC(=O)[C@@H](Cc1ccccc1)N(Cc1ccccc1Cl)C(=O)CN(c1ccc(C(C)C)cc1)S(=O)(=O)c1ccc(C)cc1. The second-order valence-electron chi connectivity index (χ2n) is 11.0. The second-order valence-corrected chi connectivity index (χ2v) is 13.3. The molecule has 230 valence electrons. The number of hydrogen-bond acceptors (Lipinski definition) is 4. The van der Waals surface area contributed by atoms with Crippen molar-refractivity contribution in [2.75, 3.05) is 17.9 Å². The van der Waals surface area contributed by atoms with E-state index in [0.717, 1.165) is 21.0 Å². The molecule has 0 aliphatic heterocycles. The van der Waals surface area contributed by atoms with Crippen LogP contribution in [0.3, 0.4) is 0 Å². The average Bonchev–Trinajstić information content (AvgIpc) is 3.02. The van der Waals surface area contributed by atoms with Crippen LogP contribution >= 0.6 is 11.6 Å². The van der Waals surface area contributed by atoms with Gasteiger partial charge in [-0.2, -0.15) is 0 Å². The van der Waals surface area contributed by atoms with Crippen molar-refractivity contribution < 1.29 is 18.0 Å². The number of benzene rings is 4. The summed E-state index contributed by atoms with van der Waals surface area (Å²) in [4.78, 5) is 29.3. The van der Waals surface area contributed by atoms with Crippen LogP contribution < -0.4 is 9.62 Å². The summed E-state index contributed by atoms with van der Waals surface area (Å²) < 4.78 is 29.4. The lowest BCUT2D eigenvalue weighted by molar-refractivity contribution is -0.139. The molecule has 9 heteroatoms. The van der Waals surface area contributed by atoms with Gasteiger partial charge in [-0.15, -0.1) is 0 Å². The summed E-state index contributed by atoms with van der Waals surface area (Å²) in [5.74, 6) is -0.674. The highest BCUT2D eigenvalue weighted by Crippen LogP contribution is 2.28. The van der Waals surface area contributed by atoms with Crippen LogP contribution in [0.5, 0.6) is 0 Å². The van der Waals surface area contributed by atoms with E-state index in [0.29, 0.717) is 16.3 Å². The number of carbonyl (C=O) groups is 2. The van der Waals surface area contributed by atoms with E-state index in [1.165, 1.54) is 24.1 Å². The predicted molar refractivity (Wildman–Crippen MR) is 176 cm³/mol. The zero-order valence-corrected chi connectivity index (χ0v) is 27.0. The lowest BCUT2D eigenvalue weighted by Crippen LogP contribution is -2.53. The number of nitrogens with zero attached hydrogens (tertiary/aromatic N) is 2. The molecule has 0 radical (unpaired) electrons. The van der Waals surface area contributed by atoms with E-state index in [1.807, 2.05) is 49.4 Å². The third kappa shape index (κ3) is 7.87. The Hall–Kier alpha value is -4.14. The van der Waals surface area contributed by atoms with Gasteiger partial charge in [0.1, 0.15) is 12.6 Å². The highest BCUT2D eigenvalue weighted by molar-refractivity contribution is 7.92. The Morgan fingerprint density at radius 3 is 2.05 bits per heavy atom. The van der Waals surface area contributed by atoms with Crippen molar-refractivity contribution in [1.82, 2.24) is 10.2 Å². The third-order valence-corrected chi connectivity index (χ3v) is 9.71. The summed E-state index contributed by atoms with van der Waals surface area (Å²) in [6.45, 7) is 5.47. The van der Waals surface area contributed by atoms with Gasteiger partial charge in [0.05, 0.1) is 10.6 Å². The van der Waals surface area contributed by atoms with Crippen molar-refractivity contribution in [1.29, 1.82) is 0 Å². The largest absolute Gasteiger partial charge is 0.357 e. The van der Waals surface area contributed by atoms with Crippen LogP contribution in [0.4, 0.5) is 5.69 Å². The van der Waals surface area contributed by atoms with Gasteiger partial charge < -0.3 is 10.2 Å². The van der Waals surface area contributed by atoms with E-state index in [2.05, 4.69) is 19.2 Å². The molecule has 2 amide bonds. The molecular weight excluding hydrogens is 594 g/mol. The van der Waals surface area contributed by atoms with Crippen LogP contribution in [0.2, 0.25) is 5.02 Å². The fourth-order valence-electron chi connectivity index (χ4n) is 4.92. The molecule has 1 N–H and O–H groups in total. The van der Waals surface area contributed by atoms with Crippen LogP contribution in [-0.2, 0) is 32.6 Å². The van der Waals surface area contributed by atoms with Crippen molar-refractivity contribution in [2.45, 2.75) is 50.6 Å². The van der Waals surface area contributed by atoms with E-state index in [4.69, 9.17) is 11.6 Å². The molecule has 44 heavy (non-hydrogen) atoms. The third-order valence-electron chi connectivity index (χ3n) is 7.55. The van der Waals surface area contributed by atoms with E-state index in [1.54, 1.807) is 48.5 Å². The van der Waals surface area contributed by atoms with Gasteiger partial charge >= 0.3 is 0 Å². The maximum Gasteiger partial charge on any atom is 0.264 e. The number of sulfonamides is 1. The summed E-state index contributed by atoms with van der Waals surface area (Å²) in [5, 5.41) is 3.13. The van der Waals surface area contributed by atoms with Crippen LogP contribution in [0, 0.1) is 6.92 Å². The maximum absolute atomic E-state index is 14.4. The van der Waals surface area contributed by atoms with Gasteiger partial charge in [-0.25, -0.2) is 8.42 Å². The van der Waals surface area contributed by atoms with Gasteiger partial charge in [0, 0.05) is 25.0 Å². The molecule has 1 atom stereocenters. The summed E-state index contributed by atoms with van der Waals surface area (Å²) in [5.41, 5.74) is 3.79. The van der Waals surface area contributed by atoms with Crippen molar-refractivity contribution in [2.24, 2.45) is 0 Å². The smallest absolute Gasteiger partial charge is 0.264 e. The minimum absolute atomic E-state index is 0.00807. The number of anilines is 1. The highest BCUT2D eigenvalue weighted by atomic mass is 35.5. The Morgan fingerprint density at radius 2 is 1.45 bits per heavy atom. The number of hydrogen-bond donors (Lipinski definition) is 1. The van der Waals surface area contributed by atoms with E-state index >= 15 is 0 Å². The normalized spacial score (nSPS) is 12.0. The number of aryl methyl sites for hydroxylation is 1. The molecule has 4 aromatic rings. The molecule has 0 heterocycles. The molecule has 0 aliphatic rings. The van der Waals surface area contributed by atoms with E-state index in [-0.39, 0.29) is 29.7 Å². The van der Waals surface area contributed by atoms with Gasteiger partial charge in [-0.05, 0) is 59.9 Å². The molecule has 0 bridgehead atoms. The number of likely N-dealkylation sites (N-methyl/N-ethyl adjacent to an activating group) is 1. The molecular formula is C35H38ClN3O4S. The number of nitrogens with one attached hydrogen (secondary N) is 1. The van der Waals surface area contributed by atoms with Gasteiger partial charge in [0.2, 0.25) is 11.8 Å². The van der Waals surface area contributed by atoms with Gasteiger partial charge in [0.15, 0.2) is 0 Å². The first-order valence-corrected chi connectivity index (χ1v) is 16.3. The average molecular weight is 632 g/mol. The first-order valence-electron chi connectivity index (χ1n) is 14.5. The molecule has 0 spiro atoms. The first-order chi connectivity index (χ1) is 21.0. The van der Waals surface area contributed by atoms with Crippen molar-refractivity contribution in [3.8, 4) is 0 Å². The van der Waals surface area contributed by atoms with Gasteiger partial charge in [0.25, 0.3) is 10.0 Å². The molecule has 0 saturated heterocycles. The van der Waals surface area contributed by atoms with Crippen molar-refractivity contribution >= 4 is 39.1 Å². The molecule has 7 nitrogen and oxygen atoms in total. The fraction of sp³-hybridized carbons (Fsp3) is 0.257. The minimum Gasteiger partial charge on any atom is -0.357 e. The molecule has 0 fully saturated rings. The summed E-state index contributed by atoms with van der Waals surface area (Å²) in [6, 6.07) is 29.2. The van der Waals surface area contributed by atoms with Crippen LogP contribution in [0.25, 0.3) is 0 Å². The van der Waals surface area contributed by atoms with Crippen molar-refractivity contribution in [3.05, 3.63) is 130 Å². The summed E-state index contributed by atoms with van der Waals surface area (Å²) >= 11 is 6.51. The number of amides is 2. The van der Waals surface area contributed by atoms with Crippen LogP contribution in [-0.4, -0.2) is 44.8 Å². The Bertz CT molecular complexity index is 1680. The molecule has 0 aliphatic carbocycles. The molecule has 0 aromatic heterocycles. The minimum atomic E-state index is -4.16. The number of halogens is 1. The lowest BCUT2D eigenvalue weighted by Gasteiger charge is -2.33. The van der Waals surface area contributed by atoms with E-state index in [9.17, 15) is 18.0 Å². The summed E-state index contributed by atoms with van der Waals surface area (Å²) in [6.07, 6.45) is 0.227. The molecule has 4 rings (SSSR count). The van der Waals surface area contributed by atoms with Gasteiger partial charge in [-0.1, -0.05) is 104 Å². The standard InChI is InChI=1S/C35H38ClN3O4S/c1-25(2)28-16-18-30(19-17-28)39(44(42,43)31-20-14-26(3)15-21-31)24-34(40)38(23-29-12-8-9-13-32(29)36)33(35(41)37-4)22-27-10-6-5-7-11-27/h5-21,25,33H,22-24H2,1-4H3,(H,37,41)/t33-/m1/s1. The summed E-state index contributed by atoms with van der Waals surface area (Å²) in [7, 11) is -2.65. The number of carbonyl (C=O) groups excluding carboxylic acids is 2. The zero-order chi connectivity index (χ0) is 31.9. The van der Waals surface area contributed by atoms with Crippen LogP contribution in [0.15, 0.2) is 108 Å². The Labute approximate surface area is 265 Å². The topological polar surface area (TPSA) is 86.8 Å². The maximum atomic E-state index is 14.4. The Morgan fingerprint density at radius 1 is 0.841 bits per heavy atom. The zero-order valence-electron chi connectivity index (χ0n) is 25.4. The monoisotopic (exact) mass is 631 g/mol. The van der Waals surface area contributed by atoms with E-state index < -0.39 is 28.5 Å². The second kappa shape index (κ2) is 14.6. The molecule has 0 saturated carbocycles. The predicted octanol–water partition coefficient (Wildman–Crippen LogP) is 6.35. The quantitative estimate of drug-likeness (QED) is 0.197. The fourth-order valence-corrected chi connectivity index (χ4v) is 6.53. The lowest BCUT2D eigenvalue weighted by atomic mass is 10.0. The van der Waals surface area contributed by atoms with Crippen molar-refractivity contribution in [3.63, 3.8) is 0 Å². The van der Waals surface area contributed by atoms with Gasteiger partial charge in [-0.3, -0.25) is 13.9 Å². The van der Waals surface area contributed by atoms with Crippen LogP contribution in [0.1, 0.15) is 42.0 Å². The first kappa shape index (κ1) is 32.8. The Kier molecular flexibility index (Phi) is 10.8.